The van der Waals surface area contributed by atoms with E-state index in [1.807, 2.05) is 0 Å². The highest BCUT2D eigenvalue weighted by atomic mass is 79.9. The summed E-state index contributed by atoms with van der Waals surface area (Å²) in [6.07, 6.45) is -0.739. The zero-order valence-corrected chi connectivity index (χ0v) is 15.4. The Hall–Kier alpha value is -1.27. The quantitative estimate of drug-likeness (QED) is 0.834. The fraction of sp³-hybridized carbons (Fsp3) is 0.467. The summed E-state index contributed by atoms with van der Waals surface area (Å²) in [5, 5.41) is 9.92. The summed E-state index contributed by atoms with van der Waals surface area (Å²) in [5.41, 5.74) is -2.08. The first kappa shape index (κ1) is 18.8. The second-order valence-electron chi connectivity index (χ2n) is 6.04. The van der Waals surface area contributed by atoms with Gasteiger partial charge in [-0.2, -0.15) is 0 Å². The topological polar surface area (TPSA) is 66.8 Å². The largest absolute Gasteiger partial charge is 0.479 e. The van der Waals surface area contributed by atoms with E-state index in [-0.39, 0.29) is 5.02 Å². The van der Waals surface area contributed by atoms with E-state index in [9.17, 15) is 14.7 Å². The van der Waals surface area contributed by atoms with E-state index in [2.05, 4.69) is 15.9 Å². The molecule has 0 radical (unpaired) electrons. The summed E-state index contributed by atoms with van der Waals surface area (Å²) in [7, 11) is 1.38. The van der Waals surface area contributed by atoms with Crippen molar-refractivity contribution in [2.45, 2.75) is 38.8 Å². The van der Waals surface area contributed by atoms with Crippen LogP contribution in [0.5, 0.6) is 0 Å². The van der Waals surface area contributed by atoms with E-state index in [4.69, 9.17) is 16.3 Å². The maximum Gasteiger partial charge on any atom is 0.411 e. The minimum Gasteiger partial charge on any atom is -0.479 e. The molecule has 1 aromatic rings. The van der Waals surface area contributed by atoms with Crippen LogP contribution in [0.3, 0.4) is 0 Å². The number of benzene rings is 1. The predicted octanol–water partition coefficient (Wildman–Crippen LogP) is 4.27. The zero-order valence-electron chi connectivity index (χ0n) is 13.1. The molecule has 1 rings (SSSR count). The SMILES string of the molecule is CN(C(=O)OC(C)(C)C)C(C)(C(=O)O)c1ccc(Br)cc1Cl. The van der Waals surface area contributed by atoms with E-state index in [0.29, 0.717) is 10.0 Å². The Morgan fingerprint density at radius 2 is 1.82 bits per heavy atom. The van der Waals surface area contributed by atoms with Crippen molar-refractivity contribution < 1.29 is 19.4 Å². The van der Waals surface area contributed by atoms with E-state index < -0.39 is 23.2 Å². The molecule has 0 aliphatic rings. The van der Waals surface area contributed by atoms with Crippen molar-refractivity contribution in [2.75, 3.05) is 7.05 Å². The van der Waals surface area contributed by atoms with Gasteiger partial charge in [-0.1, -0.05) is 33.6 Å². The number of hydrogen-bond acceptors (Lipinski definition) is 3. The molecule has 0 aliphatic heterocycles. The standard InChI is InChI=1S/C15H19BrClNO4/c1-14(2,3)22-13(21)18(5)15(4,12(19)20)10-7-6-9(16)8-11(10)17/h6-8H,1-5H3,(H,19,20). The molecule has 1 atom stereocenters. The molecular weight excluding hydrogens is 374 g/mol. The number of nitrogens with zero attached hydrogens (tertiary/aromatic N) is 1. The Morgan fingerprint density at radius 3 is 2.23 bits per heavy atom. The molecule has 1 amide bonds. The van der Waals surface area contributed by atoms with Gasteiger partial charge in [0.15, 0.2) is 5.54 Å². The second-order valence-corrected chi connectivity index (χ2v) is 7.36. The van der Waals surface area contributed by atoms with Crippen LogP contribution in [0.1, 0.15) is 33.3 Å². The molecule has 0 heterocycles. The molecule has 1 unspecified atom stereocenters. The van der Waals surface area contributed by atoms with Crippen LogP contribution in [0.2, 0.25) is 5.02 Å². The Labute approximate surface area is 143 Å². The van der Waals surface area contributed by atoms with Gasteiger partial charge in [0.25, 0.3) is 0 Å². The van der Waals surface area contributed by atoms with Gasteiger partial charge in [0.2, 0.25) is 0 Å². The smallest absolute Gasteiger partial charge is 0.411 e. The number of amides is 1. The van der Waals surface area contributed by atoms with Crippen LogP contribution in [0.25, 0.3) is 0 Å². The fourth-order valence-corrected chi connectivity index (χ4v) is 2.69. The highest BCUT2D eigenvalue weighted by Crippen LogP contribution is 2.35. The lowest BCUT2D eigenvalue weighted by molar-refractivity contribution is -0.150. The van der Waals surface area contributed by atoms with Gasteiger partial charge < -0.3 is 9.84 Å². The van der Waals surface area contributed by atoms with Crippen LogP contribution in [-0.4, -0.2) is 34.7 Å². The fourth-order valence-electron chi connectivity index (χ4n) is 1.84. The maximum absolute atomic E-state index is 12.2. The molecule has 7 heteroatoms. The molecule has 0 saturated heterocycles. The van der Waals surface area contributed by atoms with Gasteiger partial charge in [0.05, 0.1) is 0 Å². The summed E-state index contributed by atoms with van der Waals surface area (Å²) in [6, 6.07) is 4.83. The molecule has 0 fully saturated rings. The van der Waals surface area contributed by atoms with Crippen molar-refractivity contribution >= 4 is 39.6 Å². The highest BCUT2D eigenvalue weighted by molar-refractivity contribution is 9.10. The van der Waals surface area contributed by atoms with Crippen molar-refractivity contribution in [1.29, 1.82) is 0 Å². The molecule has 22 heavy (non-hydrogen) atoms. The Balaban J connectivity index is 3.32. The molecule has 0 aliphatic carbocycles. The maximum atomic E-state index is 12.2. The summed E-state index contributed by atoms with van der Waals surface area (Å²) in [6.45, 7) is 6.55. The first-order valence-electron chi connectivity index (χ1n) is 6.55. The van der Waals surface area contributed by atoms with Gasteiger partial charge in [-0.3, -0.25) is 4.90 Å². The number of ether oxygens (including phenoxy) is 1. The van der Waals surface area contributed by atoms with Crippen LogP contribution in [0.15, 0.2) is 22.7 Å². The first-order valence-corrected chi connectivity index (χ1v) is 7.72. The van der Waals surface area contributed by atoms with Gasteiger partial charge >= 0.3 is 12.1 Å². The number of carboxylic acids is 1. The molecule has 0 aromatic heterocycles. The lowest BCUT2D eigenvalue weighted by Gasteiger charge is -2.36. The zero-order chi connectivity index (χ0) is 17.3. The molecule has 5 nitrogen and oxygen atoms in total. The summed E-state index contributed by atoms with van der Waals surface area (Å²) >= 11 is 9.44. The van der Waals surface area contributed by atoms with E-state index in [1.54, 1.807) is 39.0 Å². The minimum absolute atomic E-state index is 0.245. The summed E-state index contributed by atoms with van der Waals surface area (Å²) in [4.78, 5) is 25.1. The van der Waals surface area contributed by atoms with Crippen molar-refractivity contribution in [2.24, 2.45) is 0 Å². The van der Waals surface area contributed by atoms with Crippen LogP contribution in [0, 0.1) is 0 Å². The van der Waals surface area contributed by atoms with Crippen molar-refractivity contribution in [3.63, 3.8) is 0 Å². The molecule has 0 spiro atoms. The Kier molecular flexibility index (Phi) is 5.51. The summed E-state index contributed by atoms with van der Waals surface area (Å²) in [5.74, 6) is -1.20. The third kappa shape index (κ3) is 3.93. The van der Waals surface area contributed by atoms with E-state index >= 15 is 0 Å². The molecule has 122 valence electrons. The van der Waals surface area contributed by atoms with Gasteiger partial charge in [0, 0.05) is 22.1 Å². The number of carboxylic acid groups (broad SMARTS) is 1. The number of carbonyl (C=O) groups excluding carboxylic acids is 1. The summed E-state index contributed by atoms with van der Waals surface area (Å²) < 4.78 is 5.97. The third-order valence-electron chi connectivity index (χ3n) is 3.21. The number of aliphatic carboxylic acids is 1. The average molecular weight is 393 g/mol. The molecule has 1 aromatic carbocycles. The first-order chi connectivity index (χ1) is 9.89. The van der Waals surface area contributed by atoms with Gasteiger partial charge in [0.1, 0.15) is 5.60 Å². The van der Waals surface area contributed by atoms with Crippen LogP contribution in [-0.2, 0) is 15.1 Å². The van der Waals surface area contributed by atoms with Crippen molar-refractivity contribution in [3.05, 3.63) is 33.3 Å². The van der Waals surface area contributed by atoms with Crippen LogP contribution in [0.4, 0.5) is 4.79 Å². The monoisotopic (exact) mass is 391 g/mol. The number of halogens is 2. The lowest BCUT2D eigenvalue weighted by atomic mass is 9.90. The minimum atomic E-state index is -1.65. The molecule has 0 saturated carbocycles. The average Bonchev–Trinajstić information content (AvgIpc) is 2.34. The molecular formula is C15H19BrClNO4. The van der Waals surface area contributed by atoms with Crippen LogP contribution >= 0.6 is 27.5 Å². The normalized spacial score (nSPS) is 14.1. The lowest BCUT2D eigenvalue weighted by Crippen LogP contribution is -2.52. The van der Waals surface area contributed by atoms with E-state index in [1.165, 1.54) is 14.0 Å². The van der Waals surface area contributed by atoms with Gasteiger partial charge in [-0.05, 0) is 39.8 Å². The Morgan fingerprint density at radius 1 is 1.27 bits per heavy atom. The van der Waals surface area contributed by atoms with Gasteiger partial charge in [-0.25, -0.2) is 9.59 Å². The highest BCUT2D eigenvalue weighted by Gasteiger charge is 2.45. The van der Waals surface area contributed by atoms with Crippen LogP contribution < -0.4 is 0 Å². The molecule has 0 bridgehead atoms. The number of rotatable bonds is 3. The van der Waals surface area contributed by atoms with E-state index in [0.717, 1.165) is 4.90 Å². The molecule has 1 N–H and O–H groups in total. The second kappa shape index (κ2) is 6.46. The Bertz CT molecular complexity index is 600. The van der Waals surface area contributed by atoms with Crippen molar-refractivity contribution in [3.8, 4) is 0 Å². The predicted molar refractivity (Wildman–Crippen MR) is 88.1 cm³/mol. The number of likely N-dealkylation sites (N-methyl/N-ethyl adjacent to an activating group) is 1. The third-order valence-corrected chi connectivity index (χ3v) is 4.02. The van der Waals surface area contributed by atoms with Crippen molar-refractivity contribution in [1.82, 2.24) is 4.90 Å². The number of hydrogen-bond donors (Lipinski definition) is 1. The van der Waals surface area contributed by atoms with Gasteiger partial charge in [-0.15, -0.1) is 0 Å². The number of carbonyl (C=O) groups is 2.